The van der Waals surface area contributed by atoms with Crippen LogP contribution in [-0.2, 0) is 28.4 Å². The fourth-order valence-electron chi connectivity index (χ4n) is 4.41. The summed E-state index contributed by atoms with van der Waals surface area (Å²) in [5, 5.41) is 3.90. The second-order valence-electron chi connectivity index (χ2n) is 8.61. The maximum atomic E-state index is 13.4. The molecule has 1 fully saturated rings. The van der Waals surface area contributed by atoms with Gasteiger partial charge in [0.1, 0.15) is 10.6 Å². The van der Waals surface area contributed by atoms with Gasteiger partial charge in [-0.2, -0.15) is 4.31 Å². The molecule has 9 heteroatoms. The van der Waals surface area contributed by atoms with Crippen LogP contribution in [-0.4, -0.2) is 54.5 Å². The third kappa shape index (κ3) is 4.40. The number of fused-ring (bicyclic) bond motifs is 1. The topological polar surface area (TPSA) is 93.5 Å². The highest BCUT2D eigenvalue weighted by Crippen LogP contribution is 2.28. The number of piperidine rings is 1. The minimum absolute atomic E-state index is 0.143. The van der Waals surface area contributed by atoms with Gasteiger partial charge in [0, 0.05) is 51.1 Å². The fraction of sp³-hybridized carbons (Fsp3) is 0.417. The number of methoxy groups -OCH3 is 1. The number of nitrogens with one attached hydrogen (secondary N) is 1. The molecule has 1 aliphatic heterocycles. The first-order valence-corrected chi connectivity index (χ1v) is 12.5. The maximum Gasteiger partial charge on any atom is 0.268 e. The van der Waals surface area contributed by atoms with E-state index in [1.54, 1.807) is 31.8 Å². The molecule has 2 aromatic heterocycles. The van der Waals surface area contributed by atoms with Gasteiger partial charge in [0.15, 0.2) is 0 Å². The van der Waals surface area contributed by atoms with Crippen LogP contribution in [0.2, 0.25) is 0 Å². The highest BCUT2D eigenvalue weighted by atomic mass is 32.2. The van der Waals surface area contributed by atoms with E-state index in [1.807, 2.05) is 30.3 Å². The Balaban J connectivity index is 1.56. The van der Waals surface area contributed by atoms with Crippen LogP contribution in [0.5, 0.6) is 0 Å². The van der Waals surface area contributed by atoms with E-state index in [0.29, 0.717) is 36.9 Å². The Bertz CT molecular complexity index is 1280. The molecule has 1 N–H and O–H groups in total. The van der Waals surface area contributed by atoms with Crippen molar-refractivity contribution >= 4 is 26.8 Å². The largest absolute Gasteiger partial charge is 0.380 e. The van der Waals surface area contributed by atoms with E-state index in [0.717, 1.165) is 22.9 Å². The van der Waals surface area contributed by atoms with E-state index in [9.17, 15) is 13.2 Å². The molecule has 33 heavy (non-hydrogen) atoms. The van der Waals surface area contributed by atoms with Crippen molar-refractivity contribution in [3.63, 3.8) is 0 Å². The van der Waals surface area contributed by atoms with Crippen molar-refractivity contribution in [3.8, 4) is 0 Å². The Morgan fingerprint density at radius 3 is 2.82 bits per heavy atom. The summed E-state index contributed by atoms with van der Waals surface area (Å²) in [5.41, 5.74) is 2.64. The van der Waals surface area contributed by atoms with Gasteiger partial charge in [-0.3, -0.25) is 9.78 Å². The van der Waals surface area contributed by atoms with Gasteiger partial charge in [0.05, 0.1) is 11.6 Å². The number of amides is 1. The summed E-state index contributed by atoms with van der Waals surface area (Å²) in [6.45, 7) is 4.85. The molecular weight excluding hydrogens is 440 g/mol. The molecule has 8 nitrogen and oxygen atoms in total. The first kappa shape index (κ1) is 23.4. The summed E-state index contributed by atoms with van der Waals surface area (Å²) in [5.74, 6) is -0.0334. The molecule has 0 radical (unpaired) electrons. The van der Waals surface area contributed by atoms with E-state index in [2.05, 4.69) is 17.2 Å². The number of hydrogen-bond acceptors (Lipinski definition) is 5. The molecule has 2 atom stereocenters. The number of pyridine rings is 1. The number of nitrogens with zero attached hydrogens (tertiary/aromatic N) is 3. The minimum atomic E-state index is -3.75. The summed E-state index contributed by atoms with van der Waals surface area (Å²) in [6, 6.07) is 11.1. The summed E-state index contributed by atoms with van der Waals surface area (Å²) in [4.78, 5) is 17.5. The molecule has 3 heterocycles. The molecule has 176 valence electrons. The van der Waals surface area contributed by atoms with Crippen LogP contribution in [0.4, 0.5) is 0 Å². The van der Waals surface area contributed by atoms with Gasteiger partial charge in [-0.15, -0.1) is 0 Å². The van der Waals surface area contributed by atoms with Crippen molar-refractivity contribution < 1.29 is 17.9 Å². The second-order valence-corrected chi connectivity index (χ2v) is 10.5. The van der Waals surface area contributed by atoms with E-state index >= 15 is 0 Å². The van der Waals surface area contributed by atoms with Crippen LogP contribution < -0.4 is 5.32 Å². The number of carbonyl (C=O) groups is 1. The molecule has 0 spiro atoms. The van der Waals surface area contributed by atoms with Gasteiger partial charge in [0.2, 0.25) is 10.0 Å². The lowest BCUT2D eigenvalue weighted by atomic mass is 9.97. The number of sulfonamides is 1. The lowest BCUT2D eigenvalue weighted by Crippen LogP contribution is -2.46. The SMILES string of the molecule is CO[C@@H]1CN(S(=O)(=O)c2cc(C(=O)NCc3cccc4ncccc34)n(C)c2C)CC[C@H]1C. The average Bonchev–Trinajstić information content (AvgIpc) is 3.12. The molecule has 1 saturated heterocycles. The van der Waals surface area contributed by atoms with E-state index in [4.69, 9.17) is 4.74 Å². The van der Waals surface area contributed by atoms with Crippen LogP contribution in [0.15, 0.2) is 47.5 Å². The number of benzene rings is 1. The third-order valence-corrected chi connectivity index (χ3v) is 8.65. The normalized spacial score (nSPS) is 19.6. The van der Waals surface area contributed by atoms with Gasteiger partial charge in [-0.1, -0.05) is 25.1 Å². The molecule has 0 aliphatic carbocycles. The quantitative estimate of drug-likeness (QED) is 0.598. The Morgan fingerprint density at radius 2 is 2.06 bits per heavy atom. The molecule has 0 bridgehead atoms. The number of aromatic nitrogens is 2. The van der Waals surface area contributed by atoms with Gasteiger partial charge in [0.25, 0.3) is 5.91 Å². The highest BCUT2D eigenvalue weighted by molar-refractivity contribution is 7.89. The Hall–Kier alpha value is -2.75. The standard InChI is InChI=1S/C24H30N4O4S/c1-16-10-12-28(15-22(16)32-4)33(30,31)23-13-21(27(3)17(23)2)24(29)26-14-18-7-5-9-20-19(18)8-6-11-25-20/h5-9,11,13,16,22H,10,12,14-15H2,1-4H3,(H,26,29)/t16-,22-/m1/s1. The summed E-state index contributed by atoms with van der Waals surface area (Å²) in [7, 11) is -0.426. The monoisotopic (exact) mass is 470 g/mol. The zero-order valence-electron chi connectivity index (χ0n) is 19.4. The molecule has 1 aromatic carbocycles. The van der Waals surface area contributed by atoms with Crippen molar-refractivity contribution in [1.82, 2.24) is 19.2 Å². The molecule has 0 saturated carbocycles. The summed E-state index contributed by atoms with van der Waals surface area (Å²) < 4.78 is 35.4. The summed E-state index contributed by atoms with van der Waals surface area (Å²) in [6.07, 6.45) is 2.32. The molecule has 0 unspecified atom stereocenters. The first-order chi connectivity index (χ1) is 15.7. The Kier molecular flexibility index (Phi) is 6.56. The smallest absolute Gasteiger partial charge is 0.268 e. The zero-order chi connectivity index (χ0) is 23.8. The Labute approximate surface area is 194 Å². The lowest BCUT2D eigenvalue weighted by Gasteiger charge is -2.35. The molecule has 3 aromatic rings. The van der Waals surface area contributed by atoms with Crippen LogP contribution in [0.3, 0.4) is 0 Å². The maximum absolute atomic E-state index is 13.4. The van der Waals surface area contributed by atoms with E-state index < -0.39 is 10.0 Å². The molecule has 1 aliphatic rings. The van der Waals surface area contributed by atoms with E-state index in [1.165, 1.54) is 10.4 Å². The number of rotatable bonds is 6. The van der Waals surface area contributed by atoms with E-state index in [-0.39, 0.29) is 16.9 Å². The van der Waals surface area contributed by atoms with Crippen LogP contribution in [0, 0.1) is 12.8 Å². The van der Waals surface area contributed by atoms with Gasteiger partial charge in [-0.25, -0.2) is 8.42 Å². The second kappa shape index (κ2) is 9.24. The third-order valence-electron chi connectivity index (χ3n) is 6.67. The van der Waals surface area contributed by atoms with Crippen molar-refractivity contribution in [2.75, 3.05) is 20.2 Å². The van der Waals surface area contributed by atoms with Gasteiger partial charge in [-0.05, 0) is 43.0 Å². The number of carbonyl (C=O) groups excluding carboxylic acids is 1. The van der Waals surface area contributed by atoms with Gasteiger partial charge >= 0.3 is 0 Å². The molecule has 4 rings (SSSR count). The minimum Gasteiger partial charge on any atom is -0.380 e. The van der Waals surface area contributed by atoms with Crippen molar-refractivity contribution in [2.24, 2.45) is 13.0 Å². The Morgan fingerprint density at radius 1 is 1.27 bits per heavy atom. The highest BCUT2D eigenvalue weighted by Gasteiger charge is 2.36. The van der Waals surface area contributed by atoms with Crippen LogP contribution in [0.25, 0.3) is 10.9 Å². The summed E-state index contributed by atoms with van der Waals surface area (Å²) >= 11 is 0. The predicted molar refractivity (Wildman–Crippen MR) is 126 cm³/mol. The van der Waals surface area contributed by atoms with Crippen molar-refractivity contribution in [3.05, 3.63) is 59.5 Å². The first-order valence-electron chi connectivity index (χ1n) is 11.0. The molecule has 1 amide bonds. The lowest BCUT2D eigenvalue weighted by molar-refractivity contribution is 0.0183. The number of hydrogen-bond donors (Lipinski definition) is 1. The van der Waals surface area contributed by atoms with Crippen molar-refractivity contribution in [2.45, 2.75) is 37.8 Å². The van der Waals surface area contributed by atoms with Crippen LogP contribution >= 0.6 is 0 Å². The van der Waals surface area contributed by atoms with Gasteiger partial charge < -0.3 is 14.6 Å². The van der Waals surface area contributed by atoms with Crippen molar-refractivity contribution in [1.29, 1.82) is 0 Å². The average molecular weight is 471 g/mol. The van der Waals surface area contributed by atoms with Crippen LogP contribution in [0.1, 0.15) is 35.1 Å². The predicted octanol–water partition coefficient (Wildman–Crippen LogP) is 2.86. The molecular formula is C24H30N4O4S. The zero-order valence-corrected chi connectivity index (χ0v) is 20.2. The fourth-order valence-corrected chi connectivity index (χ4v) is 6.15. The number of ether oxygens (including phenoxy) is 1.